The van der Waals surface area contributed by atoms with Gasteiger partial charge in [-0.3, -0.25) is 9.59 Å². The minimum atomic E-state index is -0.804. The first-order chi connectivity index (χ1) is 9.65. The Morgan fingerprint density at radius 1 is 1.45 bits per heavy atom. The van der Waals surface area contributed by atoms with E-state index in [0.29, 0.717) is 37.6 Å². The third kappa shape index (κ3) is 2.58. The molecule has 108 valence electrons. The molecule has 0 aromatic carbocycles. The van der Waals surface area contributed by atoms with E-state index in [1.807, 2.05) is 6.07 Å². The number of fused-ring (bicyclic) bond motifs is 1. The van der Waals surface area contributed by atoms with Crippen molar-refractivity contribution < 1.29 is 19.4 Å². The lowest BCUT2D eigenvalue weighted by Crippen LogP contribution is -2.42. The zero-order valence-electron chi connectivity index (χ0n) is 11.1. The van der Waals surface area contributed by atoms with Gasteiger partial charge in [0.1, 0.15) is 0 Å². The second-order valence-electron chi connectivity index (χ2n) is 5.29. The third-order valence-electron chi connectivity index (χ3n) is 3.90. The van der Waals surface area contributed by atoms with E-state index < -0.39 is 11.9 Å². The Morgan fingerprint density at radius 2 is 2.30 bits per heavy atom. The predicted molar refractivity (Wildman–Crippen MR) is 73.9 cm³/mol. The summed E-state index contributed by atoms with van der Waals surface area (Å²) >= 11 is 1.53. The molecule has 1 atom stereocenters. The lowest BCUT2D eigenvalue weighted by molar-refractivity contribution is -0.143. The van der Waals surface area contributed by atoms with Gasteiger partial charge in [-0.2, -0.15) is 0 Å². The zero-order chi connectivity index (χ0) is 14.1. The van der Waals surface area contributed by atoms with Crippen molar-refractivity contribution in [3.05, 3.63) is 21.4 Å². The highest BCUT2D eigenvalue weighted by atomic mass is 32.1. The van der Waals surface area contributed by atoms with Crippen molar-refractivity contribution in [1.29, 1.82) is 0 Å². The number of piperidine rings is 1. The molecule has 0 bridgehead atoms. The lowest BCUT2D eigenvalue weighted by atomic mass is 9.98. The largest absolute Gasteiger partial charge is 0.481 e. The number of hydrogen-bond donors (Lipinski definition) is 1. The number of aliphatic carboxylic acids is 1. The SMILES string of the molecule is O=C(O)C1CCCN(C(=O)c2cc3c(s2)CCOC3)C1. The van der Waals surface area contributed by atoms with Gasteiger partial charge in [-0.1, -0.05) is 0 Å². The number of amides is 1. The van der Waals surface area contributed by atoms with Crippen LogP contribution in [0.15, 0.2) is 6.07 Å². The van der Waals surface area contributed by atoms with Gasteiger partial charge in [0.25, 0.3) is 5.91 Å². The highest BCUT2D eigenvalue weighted by molar-refractivity contribution is 7.14. The van der Waals surface area contributed by atoms with Gasteiger partial charge < -0.3 is 14.7 Å². The van der Waals surface area contributed by atoms with Crippen molar-refractivity contribution in [1.82, 2.24) is 4.90 Å². The van der Waals surface area contributed by atoms with Crippen LogP contribution < -0.4 is 0 Å². The summed E-state index contributed by atoms with van der Waals surface area (Å²) < 4.78 is 5.39. The Hall–Kier alpha value is -1.40. The van der Waals surface area contributed by atoms with Crippen molar-refractivity contribution >= 4 is 23.2 Å². The Morgan fingerprint density at radius 3 is 3.05 bits per heavy atom. The number of carboxylic acid groups (broad SMARTS) is 1. The van der Waals surface area contributed by atoms with Crippen molar-refractivity contribution in [3.8, 4) is 0 Å². The number of nitrogens with zero attached hydrogens (tertiary/aromatic N) is 1. The van der Waals surface area contributed by atoms with Gasteiger partial charge in [0.05, 0.1) is 24.0 Å². The Kier molecular flexibility index (Phi) is 3.76. The smallest absolute Gasteiger partial charge is 0.308 e. The second kappa shape index (κ2) is 5.54. The molecule has 3 rings (SSSR count). The summed E-state index contributed by atoms with van der Waals surface area (Å²) in [6, 6.07) is 1.91. The lowest BCUT2D eigenvalue weighted by Gasteiger charge is -2.30. The topological polar surface area (TPSA) is 66.8 Å². The fourth-order valence-corrected chi connectivity index (χ4v) is 3.89. The summed E-state index contributed by atoms with van der Waals surface area (Å²) in [7, 11) is 0. The zero-order valence-corrected chi connectivity index (χ0v) is 11.9. The molecule has 1 aromatic heterocycles. The van der Waals surface area contributed by atoms with E-state index in [4.69, 9.17) is 9.84 Å². The van der Waals surface area contributed by atoms with Crippen molar-refractivity contribution in [2.45, 2.75) is 25.9 Å². The van der Waals surface area contributed by atoms with Crippen LogP contribution in [0.4, 0.5) is 0 Å². The van der Waals surface area contributed by atoms with Crippen LogP contribution in [-0.4, -0.2) is 41.6 Å². The summed E-state index contributed by atoms with van der Waals surface area (Å²) in [4.78, 5) is 27.2. The Balaban J connectivity index is 1.75. The molecule has 20 heavy (non-hydrogen) atoms. The normalized spacial score (nSPS) is 22.4. The summed E-state index contributed by atoms with van der Waals surface area (Å²) in [6.07, 6.45) is 2.29. The highest BCUT2D eigenvalue weighted by Gasteiger charge is 2.30. The number of carbonyl (C=O) groups excluding carboxylic acids is 1. The van der Waals surface area contributed by atoms with Crippen LogP contribution in [0.1, 0.15) is 33.0 Å². The molecule has 2 aliphatic heterocycles. The number of ether oxygens (including phenoxy) is 1. The average Bonchev–Trinajstić information content (AvgIpc) is 2.90. The van der Waals surface area contributed by atoms with Crippen molar-refractivity contribution in [2.24, 2.45) is 5.92 Å². The predicted octanol–water partition coefficient (Wildman–Crippen LogP) is 1.76. The number of thiophene rings is 1. The molecule has 3 heterocycles. The van der Waals surface area contributed by atoms with Gasteiger partial charge >= 0.3 is 5.97 Å². The van der Waals surface area contributed by atoms with E-state index in [-0.39, 0.29) is 5.91 Å². The first-order valence-electron chi connectivity index (χ1n) is 6.86. The van der Waals surface area contributed by atoms with Gasteiger partial charge in [-0.25, -0.2) is 0 Å². The van der Waals surface area contributed by atoms with Crippen LogP contribution in [0.5, 0.6) is 0 Å². The molecular weight excluding hydrogens is 278 g/mol. The Bertz CT molecular complexity index is 516. The number of hydrogen-bond acceptors (Lipinski definition) is 4. The molecule has 2 aliphatic rings. The van der Waals surface area contributed by atoms with Crippen LogP contribution >= 0.6 is 11.3 Å². The van der Waals surface area contributed by atoms with Crippen molar-refractivity contribution in [3.63, 3.8) is 0 Å². The van der Waals surface area contributed by atoms with Gasteiger partial charge in [-0.05, 0) is 24.5 Å². The van der Waals surface area contributed by atoms with Gasteiger partial charge in [0.2, 0.25) is 0 Å². The minimum Gasteiger partial charge on any atom is -0.481 e. The fraction of sp³-hybridized carbons (Fsp3) is 0.571. The van der Waals surface area contributed by atoms with Crippen LogP contribution in [0.25, 0.3) is 0 Å². The summed E-state index contributed by atoms with van der Waals surface area (Å²) in [5.74, 6) is -1.26. The van der Waals surface area contributed by atoms with E-state index in [1.165, 1.54) is 16.2 Å². The first-order valence-corrected chi connectivity index (χ1v) is 7.68. The molecule has 1 N–H and O–H groups in total. The number of carboxylic acids is 1. The molecule has 0 radical (unpaired) electrons. The Labute approximate surface area is 121 Å². The summed E-state index contributed by atoms with van der Waals surface area (Å²) in [6.45, 7) is 2.28. The fourth-order valence-electron chi connectivity index (χ4n) is 2.77. The second-order valence-corrected chi connectivity index (χ2v) is 6.43. The van der Waals surface area contributed by atoms with Crippen molar-refractivity contribution in [2.75, 3.05) is 19.7 Å². The molecule has 1 saturated heterocycles. The molecule has 0 spiro atoms. The van der Waals surface area contributed by atoms with Crippen LogP contribution in [0, 0.1) is 5.92 Å². The van der Waals surface area contributed by atoms with Gasteiger partial charge in [0, 0.05) is 24.4 Å². The van der Waals surface area contributed by atoms with E-state index in [1.54, 1.807) is 4.90 Å². The maximum absolute atomic E-state index is 12.5. The minimum absolute atomic E-state index is 0.0321. The molecular formula is C14H17NO4S. The molecule has 6 heteroatoms. The van der Waals surface area contributed by atoms with E-state index >= 15 is 0 Å². The van der Waals surface area contributed by atoms with Crippen LogP contribution in [0.2, 0.25) is 0 Å². The average molecular weight is 295 g/mol. The molecule has 1 amide bonds. The van der Waals surface area contributed by atoms with Gasteiger partial charge in [-0.15, -0.1) is 11.3 Å². The maximum Gasteiger partial charge on any atom is 0.308 e. The van der Waals surface area contributed by atoms with Gasteiger partial charge in [0.15, 0.2) is 0 Å². The molecule has 1 aromatic rings. The standard InChI is InChI=1S/C14H17NO4S/c16-13(15-4-1-2-9(7-15)14(17)18)12-6-10-8-19-5-3-11(10)20-12/h6,9H,1-5,7-8H2,(H,17,18). The maximum atomic E-state index is 12.5. The van der Waals surface area contributed by atoms with Crippen LogP contribution in [0.3, 0.4) is 0 Å². The molecule has 1 fully saturated rings. The molecule has 1 unspecified atom stereocenters. The number of rotatable bonds is 2. The summed E-state index contributed by atoms with van der Waals surface area (Å²) in [5.41, 5.74) is 1.11. The van der Waals surface area contributed by atoms with E-state index in [9.17, 15) is 9.59 Å². The molecule has 5 nitrogen and oxygen atoms in total. The first kappa shape index (κ1) is 13.6. The van der Waals surface area contributed by atoms with Crippen LogP contribution in [-0.2, 0) is 22.6 Å². The summed E-state index contributed by atoms with van der Waals surface area (Å²) in [5, 5.41) is 9.09. The number of carbonyl (C=O) groups is 2. The molecule has 0 aliphatic carbocycles. The third-order valence-corrected chi connectivity index (χ3v) is 5.12. The number of likely N-dealkylation sites (tertiary alicyclic amines) is 1. The molecule has 0 saturated carbocycles. The monoisotopic (exact) mass is 295 g/mol. The quantitative estimate of drug-likeness (QED) is 0.903. The highest BCUT2D eigenvalue weighted by Crippen LogP contribution is 2.29. The van der Waals surface area contributed by atoms with E-state index in [0.717, 1.165) is 18.4 Å². The van der Waals surface area contributed by atoms with E-state index in [2.05, 4.69) is 0 Å².